The number of carbonyl (C=O) groups excluding carboxylic acids is 1. The second-order valence-corrected chi connectivity index (χ2v) is 6.20. The zero-order valence-electron chi connectivity index (χ0n) is 14.0. The van der Waals surface area contributed by atoms with Crippen LogP contribution in [0.3, 0.4) is 0 Å². The van der Waals surface area contributed by atoms with Gasteiger partial charge in [0, 0.05) is 0 Å². The molecule has 1 amide bonds. The van der Waals surface area contributed by atoms with Gasteiger partial charge in [0.25, 0.3) is 0 Å². The summed E-state index contributed by atoms with van der Waals surface area (Å²) in [6.45, 7) is 5.44. The number of ether oxygens (including phenoxy) is 1. The normalized spacial score (nSPS) is 15.2. The quantitative estimate of drug-likeness (QED) is 0.830. The van der Waals surface area contributed by atoms with Crippen LogP contribution in [0.5, 0.6) is 0 Å². The van der Waals surface area contributed by atoms with Crippen molar-refractivity contribution in [3.63, 3.8) is 0 Å². The number of quaternary nitrogens is 1. The first-order valence-electron chi connectivity index (χ1n) is 8.63. The van der Waals surface area contributed by atoms with Gasteiger partial charge in [-0.2, -0.15) is 0 Å². The van der Waals surface area contributed by atoms with E-state index in [1.807, 2.05) is 30.3 Å². The van der Waals surface area contributed by atoms with Crippen LogP contribution >= 0.6 is 0 Å². The van der Waals surface area contributed by atoms with E-state index in [-0.39, 0.29) is 5.91 Å². The molecule has 4 heteroatoms. The summed E-state index contributed by atoms with van der Waals surface area (Å²) in [5.74, 6) is 0.0927. The van der Waals surface area contributed by atoms with E-state index < -0.39 is 0 Å². The fraction of sp³-hybridized carbons (Fsp3) is 0.350. The summed E-state index contributed by atoms with van der Waals surface area (Å²) < 4.78 is 5.34. The maximum atomic E-state index is 12.1. The Morgan fingerprint density at radius 2 is 1.62 bits per heavy atom. The topological polar surface area (TPSA) is 42.8 Å². The molecule has 2 aromatic carbocycles. The summed E-state index contributed by atoms with van der Waals surface area (Å²) in [6, 6.07) is 18.5. The molecule has 1 heterocycles. The monoisotopic (exact) mass is 325 g/mol. The van der Waals surface area contributed by atoms with Crippen molar-refractivity contribution in [2.45, 2.75) is 6.42 Å². The fourth-order valence-corrected chi connectivity index (χ4v) is 2.98. The fourth-order valence-electron chi connectivity index (χ4n) is 2.98. The van der Waals surface area contributed by atoms with Crippen LogP contribution in [0, 0.1) is 0 Å². The number of amides is 1. The van der Waals surface area contributed by atoms with E-state index in [1.54, 1.807) is 0 Å². The minimum atomic E-state index is 0.0927. The Bertz CT molecular complexity index is 634. The summed E-state index contributed by atoms with van der Waals surface area (Å²) in [5, 5.41) is 3.02. The predicted molar refractivity (Wildman–Crippen MR) is 95.0 cm³/mol. The van der Waals surface area contributed by atoms with Crippen molar-refractivity contribution in [1.29, 1.82) is 0 Å². The van der Waals surface area contributed by atoms with Crippen molar-refractivity contribution in [2.24, 2.45) is 0 Å². The predicted octanol–water partition coefficient (Wildman–Crippen LogP) is 0.927. The molecule has 3 rings (SSSR count). The minimum absolute atomic E-state index is 0.0927. The van der Waals surface area contributed by atoms with Gasteiger partial charge in [-0.1, -0.05) is 54.6 Å². The number of nitrogens with one attached hydrogen (secondary N) is 2. The lowest BCUT2D eigenvalue weighted by atomic mass is 10.0. The van der Waals surface area contributed by atoms with Crippen molar-refractivity contribution in [3.8, 4) is 11.1 Å². The van der Waals surface area contributed by atoms with Crippen LogP contribution in [0.15, 0.2) is 54.6 Å². The molecule has 0 unspecified atom stereocenters. The number of rotatable bonds is 6. The van der Waals surface area contributed by atoms with Crippen molar-refractivity contribution < 1.29 is 14.4 Å². The van der Waals surface area contributed by atoms with E-state index in [4.69, 9.17) is 4.74 Å². The molecule has 0 saturated carbocycles. The van der Waals surface area contributed by atoms with Crippen LogP contribution in [0.1, 0.15) is 5.56 Å². The smallest absolute Gasteiger partial charge is 0.224 e. The van der Waals surface area contributed by atoms with Crippen LogP contribution in [0.4, 0.5) is 0 Å². The molecule has 1 aliphatic rings. The van der Waals surface area contributed by atoms with Crippen LogP contribution in [-0.4, -0.2) is 45.3 Å². The third-order valence-electron chi connectivity index (χ3n) is 4.43. The number of hydrogen-bond donors (Lipinski definition) is 2. The average molecular weight is 325 g/mol. The van der Waals surface area contributed by atoms with E-state index >= 15 is 0 Å². The molecule has 1 fully saturated rings. The molecule has 2 aromatic rings. The third-order valence-corrected chi connectivity index (χ3v) is 4.43. The van der Waals surface area contributed by atoms with Gasteiger partial charge in [-0.25, -0.2) is 0 Å². The highest BCUT2D eigenvalue weighted by atomic mass is 16.5. The van der Waals surface area contributed by atoms with Gasteiger partial charge >= 0.3 is 0 Å². The second-order valence-electron chi connectivity index (χ2n) is 6.20. The molecular formula is C20H25N2O2+. The Balaban J connectivity index is 1.44. The highest BCUT2D eigenvalue weighted by Crippen LogP contribution is 2.19. The molecule has 0 spiro atoms. The van der Waals surface area contributed by atoms with Crippen LogP contribution < -0.4 is 10.2 Å². The molecule has 0 radical (unpaired) electrons. The van der Waals surface area contributed by atoms with Crippen molar-refractivity contribution >= 4 is 5.91 Å². The van der Waals surface area contributed by atoms with Gasteiger partial charge in [0.2, 0.25) is 5.91 Å². The van der Waals surface area contributed by atoms with E-state index in [2.05, 4.69) is 29.6 Å². The molecule has 0 aromatic heterocycles. The zero-order valence-corrected chi connectivity index (χ0v) is 14.0. The first-order chi connectivity index (χ1) is 11.8. The Labute approximate surface area is 143 Å². The molecule has 126 valence electrons. The van der Waals surface area contributed by atoms with Gasteiger partial charge in [0.05, 0.1) is 32.7 Å². The average Bonchev–Trinajstić information content (AvgIpc) is 2.64. The van der Waals surface area contributed by atoms with Crippen LogP contribution in [0.2, 0.25) is 0 Å². The summed E-state index contributed by atoms with van der Waals surface area (Å²) >= 11 is 0. The number of benzene rings is 2. The largest absolute Gasteiger partial charge is 0.370 e. The lowest BCUT2D eigenvalue weighted by molar-refractivity contribution is -0.906. The molecule has 2 N–H and O–H groups in total. The summed E-state index contributed by atoms with van der Waals surface area (Å²) in [6.07, 6.45) is 0.438. The molecule has 0 aliphatic carbocycles. The van der Waals surface area contributed by atoms with E-state index in [1.165, 1.54) is 16.0 Å². The van der Waals surface area contributed by atoms with Crippen molar-refractivity contribution in [3.05, 3.63) is 60.2 Å². The highest BCUT2D eigenvalue weighted by molar-refractivity contribution is 5.78. The molecule has 24 heavy (non-hydrogen) atoms. The lowest BCUT2D eigenvalue weighted by Crippen LogP contribution is -3.14. The zero-order chi connectivity index (χ0) is 16.6. The molecule has 1 saturated heterocycles. The van der Waals surface area contributed by atoms with Crippen LogP contribution in [0.25, 0.3) is 11.1 Å². The Morgan fingerprint density at radius 1 is 0.958 bits per heavy atom. The Morgan fingerprint density at radius 3 is 2.33 bits per heavy atom. The Kier molecular flexibility index (Phi) is 5.99. The van der Waals surface area contributed by atoms with E-state index in [0.717, 1.165) is 45.0 Å². The molecular weight excluding hydrogens is 300 g/mol. The highest BCUT2D eigenvalue weighted by Gasteiger charge is 2.13. The minimum Gasteiger partial charge on any atom is -0.370 e. The maximum absolute atomic E-state index is 12.1. The van der Waals surface area contributed by atoms with E-state index in [9.17, 15) is 4.79 Å². The number of carbonyl (C=O) groups is 1. The van der Waals surface area contributed by atoms with Gasteiger partial charge in [0.15, 0.2) is 0 Å². The lowest BCUT2D eigenvalue weighted by Gasteiger charge is -2.23. The van der Waals surface area contributed by atoms with Crippen molar-refractivity contribution in [2.75, 3.05) is 39.4 Å². The first-order valence-corrected chi connectivity index (χ1v) is 8.63. The SMILES string of the molecule is O=C(Cc1ccc(-c2ccccc2)cc1)NCC[NH+]1CCOCC1. The second kappa shape index (κ2) is 8.62. The van der Waals surface area contributed by atoms with Crippen LogP contribution in [-0.2, 0) is 16.0 Å². The summed E-state index contributed by atoms with van der Waals surface area (Å²) in [7, 11) is 0. The van der Waals surface area contributed by atoms with Gasteiger partial charge in [0.1, 0.15) is 13.1 Å². The molecule has 1 aliphatic heterocycles. The van der Waals surface area contributed by atoms with E-state index in [0.29, 0.717) is 6.42 Å². The van der Waals surface area contributed by atoms with Gasteiger partial charge in [-0.05, 0) is 16.7 Å². The molecule has 0 bridgehead atoms. The summed E-state index contributed by atoms with van der Waals surface area (Å²) in [4.78, 5) is 13.6. The van der Waals surface area contributed by atoms with Crippen molar-refractivity contribution in [1.82, 2.24) is 5.32 Å². The van der Waals surface area contributed by atoms with Gasteiger partial charge in [-0.3, -0.25) is 4.79 Å². The first kappa shape index (κ1) is 16.7. The third kappa shape index (κ3) is 4.91. The number of hydrogen-bond acceptors (Lipinski definition) is 2. The van der Waals surface area contributed by atoms with Gasteiger partial charge < -0.3 is 15.0 Å². The summed E-state index contributed by atoms with van der Waals surface area (Å²) in [5.41, 5.74) is 3.42. The Hall–Kier alpha value is -2.17. The maximum Gasteiger partial charge on any atom is 0.224 e. The molecule has 0 atom stereocenters. The number of morpholine rings is 1. The van der Waals surface area contributed by atoms with Gasteiger partial charge in [-0.15, -0.1) is 0 Å². The standard InChI is InChI=1S/C20H24N2O2/c23-20(21-10-11-22-12-14-24-15-13-22)16-17-6-8-19(9-7-17)18-4-2-1-3-5-18/h1-9H,10-16H2,(H,21,23)/p+1. The molecule has 4 nitrogen and oxygen atoms in total.